The number of hydrogen-bond acceptors (Lipinski definition) is 3. The fourth-order valence-electron chi connectivity index (χ4n) is 4.23. The summed E-state index contributed by atoms with van der Waals surface area (Å²) >= 11 is 0. The Morgan fingerprint density at radius 2 is 1.75 bits per heavy atom. The Balaban J connectivity index is 1.74. The zero-order valence-electron chi connectivity index (χ0n) is 15.3. The molecule has 1 atom stereocenters. The summed E-state index contributed by atoms with van der Waals surface area (Å²) in [7, 11) is 1.78. The molecule has 2 fully saturated rings. The van der Waals surface area contributed by atoms with Gasteiger partial charge in [0.2, 0.25) is 0 Å². The Bertz CT molecular complexity index is 368. The fourth-order valence-corrected chi connectivity index (χ4v) is 4.23. The average Bonchev–Trinajstić information content (AvgIpc) is 2.54. The highest BCUT2D eigenvalue weighted by molar-refractivity contribution is 4.89. The molecule has 0 aromatic heterocycles. The molecular formula is C18H33F3N2O. The van der Waals surface area contributed by atoms with E-state index in [4.69, 9.17) is 4.74 Å². The van der Waals surface area contributed by atoms with Crippen LogP contribution in [0.2, 0.25) is 0 Å². The first kappa shape index (κ1) is 20.0. The molecule has 0 radical (unpaired) electrons. The molecule has 0 bridgehead atoms. The van der Waals surface area contributed by atoms with Crippen LogP contribution < -0.4 is 0 Å². The zero-order chi connectivity index (χ0) is 17.7. The van der Waals surface area contributed by atoms with Crippen molar-refractivity contribution in [1.82, 2.24) is 9.80 Å². The van der Waals surface area contributed by atoms with E-state index in [0.717, 1.165) is 44.7 Å². The third-order valence-corrected chi connectivity index (χ3v) is 5.76. The summed E-state index contributed by atoms with van der Waals surface area (Å²) in [6.07, 6.45) is 3.08. The predicted octanol–water partition coefficient (Wildman–Crippen LogP) is 3.93. The summed E-state index contributed by atoms with van der Waals surface area (Å²) < 4.78 is 45.4. The number of ether oxygens (including phenoxy) is 1. The van der Waals surface area contributed by atoms with Gasteiger partial charge in [-0.2, -0.15) is 13.2 Å². The maximum Gasteiger partial charge on any atom is 0.405 e. The molecule has 1 saturated heterocycles. The van der Waals surface area contributed by atoms with Gasteiger partial charge >= 0.3 is 6.18 Å². The third-order valence-electron chi connectivity index (χ3n) is 5.76. The second kappa shape index (κ2) is 8.86. The minimum absolute atomic E-state index is 0.0604. The lowest BCUT2D eigenvalue weighted by atomic mass is 9.84. The molecule has 6 heteroatoms. The van der Waals surface area contributed by atoms with Crippen molar-refractivity contribution in [2.45, 2.75) is 76.7 Å². The molecule has 0 aromatic carbocycles. The molecule has 1 aliphatic carbocycles. The van der Waals surface area contributed by atoms with Gasteiger partial charge in [0.15, 0.2) is 0 Å². The molecule has 142 valence electrons. The Hall–Kier alpha value is -0.330. The largest absolute Gasteiger partial charge is 0.405 e. The summed E-state index contributed by atoms with van der Waals surface area (Å²) in [5.41, 5.74) is 0. The summed E-state index contributed by atoms with van der Waals surface area (Å²) in [5, 5.41) is 0. The SMILES string of the molecule is COC1CCC(CCCN2CCN(C(C)C)[C@H](C(F)(F)F)C2)CC1. The second-order valence-electron chi connectivity index (χ2n) is 7.71. The quantitative estimate of drug-likeness (QED) is 0.722. The lowest BCUT2D eigenvalue weighted by Crippen LogP contribution is -2.60. The standard InChI is InChI=1S/C18H33F3N2O/c1-14(2)23-12-11-22(13-17(23)18(19,20)21)10-4-5-15-6-8-16(24-3)9-7-15/h14-17H,4-13H2,1-3H3/t15?,16?,17-/m0/s1. The van der Waals surface area contributed by atoms with Crippen LogP contribution in [0, 0.1) is 5.92 Å². The molecule has 1 saturated carbocycles. The van der Waals surface area contributed by atoms with E-state index >= 15 is 0 Å². The topological polar surface area (TPSA) is 15.7 Å². The molecule has 1 aliphatic heterocycles. The molecule has 2 aliphatic rings. The van der Waals surface area contributed by atoms with Crippen LogP contribution in [0.5, 0.6) is 0 Å². The van der Waals surface area contributed by atoms with Crippen LogP contribution in [0.25, 0.3) is 0 Å². The van der Waals surface area contributed by atoms with E-state index in [1.54, 1.807) is 12.0 Å². The van der Waals surface area contributed by atoms with Gasteiger partial charge in [0.05, 0.1) is 6.10 Å². The van der Waals surface area contributed by atoms with Gasteiger partial charge in [-0.15, -0.1) is 0 Å². The van der Waals surface area contributed by atoms with Crippen molar-refractivity contribution in [2.75, 3.05) is 33.3 Å². The fraction of sp³-hybridized carbons (Fsp3) is 1.00. The van der Waals surface area contributed by atoms with Crippen LogP contribution in [0.15, 0.2) is 0 Å². The summed E-state index contributed by atoms with van der Waals surface area (Å²) in [6, 6.07) is -1.38. The van der Waals surface area contributed by atoms with Gasteiger partial charge in [0.1, 0.15) is 6.04 Å². The highest BCUT2D eigenvalue weighted by Crippen LogP contribution is 2.31. The smallest absolute Gasteiger partial charge is 0.381 e. The van der Waals surface area contributed by atoms with Crippen molar-refractivity contribution < 1.29 is 17.9 Å². The molecular weight excluding hydrogens is 317 g/mol. The average molecular weight is 350 g/mol. The van der Waals surface area contributed by atoms with Crippen molar-refractivity contribution in [3.8, 4) is 0 Å². The summed E-state index contributed by atoms with van der Waals surface area (Å²) in [5.74, 6) is 0.728. The lowest BCUT2D eigenvalue weighted by molar-refractivity contribution is -0.202. The van der Waals surface area contributed by atoms with Crippen LogP contribution >= 0.6 is 0 Å². The van der Waals surface area contributed by atoms with E-state index < -0.39 is 12.2 Å². The van der Waals surface area contributed by atoms with E-state index in [2.05, 4.69) is 0 Å². The Labute approximate surface area is 144 Å². The predicted molar refractivity (Wildman–Crippen MR) is 90.1 cm³/mol. The monoisotopic (exact) mass is 350 g/mol. The van der Waals surface area contributed by atoms with Crippen molar-refractivity contribution in [3.63, 3.8) is 0 Å². The van der Waals surface area contributed by atoms with Gasteiger partial charge in [-0.1, -0.05) is 0 Å². The van der Waals surface area contributed by atoms with Crippen LogP contribution in [0.4, 0.5) is 13.2 Å². The van der Waals surface area contributed by atoms with Crippen molar-refractivity contribution >= 4 is 0 Å². The van der Waals surface area contributed by atoms with Gasteiger partial charge in [-0.3, -0.25) is 4.90 Å². The number of rotatable bonds is 6. The first-order valence-corrected chi connectivity index (χ1v) is 9.39. The number of hydrogen-bond donors (Lipinski definition) is 0. The first-order chi connectivity index (χ1) is 11.3. The lowest BCUT2D eigenvalue weighted by Gasteiger charge is -2.44. The highest BCUT2D eigenvalue weighted by atomic mass is 19.4. The molecule has 3 nitrogen and oxygen atoms in total. The maximum absolute atomic E-state index is 13.3. The number of piperazine rings is 1. The molecule has 0 amide bonds. The summed E-state index contributed by atoms with van der Waals surface area (Å²) in [6.45, 7) is 5.89. The number of alkyl halides is 3. The minimum Gasteiger partial charge on any atom is -0.381 e. The molecule has 0 spiro atoms. The molecule has 1 heterocycles. The van der Waals surface area contributed by atoms with Crippen molar-refractivity contribution in [3.05, 3.63) is 0 Å². The summed E-state index contributed by atoms with van der Waals surface area (Å²) in [4.78, 5) is 3.61. The van der Waals surface area contributed by atoms with Gasteiger partial charge in [0.25, 0.3) is 0 Å². The third kappa shape index (κ3) is 5.60. The van der Waals surface area contributed by atoms with Crippen molar-refractivity contribution in [1.29, 1.82) is 0 Å². The molecule has 0 aromatic rings. The normalized spacial score (nSPS) is 30.9. The zero-order valence-corrected chi connectivity index (χ0v) is 15.3. The van der Waals surface area contributed by atoms with E-state index in [1.807, 2.05) is 18.7 Å². The van der Waals surface area contributed by atoms with E-state index in [-0.39, 0.29) is 12.6 Å². The van der Waals surface area contributed by atoms with E-state index in [1.165, 1.54) is 12.8 Å². The van der Waals surface area contributed by atoms with E-state index in [9.17, 15) is 13.2 Å². The molecule has 0 unspecified atom stereocenters. The van der Waals surface area contributed by atoms with Gasteiger partial charge < -0.3 is 9.64 Å². The van der Waals surface area contributed by atoms with Crippen LogP contribution in [-0.2, 0) is 4.74 Å². The van der Waals surface area contributed by atoms with Crippen LogP contribution in [0.1, 0.15) is 52.4 Å². The molecule has 0 N–H and O–H groups in total. The Kier molecular flexibility index (Phi) is 7.38. The van der Waals surface area contributed by atoms with E-state index in [0.29, 0.717) is 12.6 Å². The maximum atomic E-state index is 13.3. The molecule has 24 heavy (non-hydrogen) atoms. The van der Waals surface area contributed by atoms with Gasteiger partial charge in [0, 0.05) is 32.8 Å². The minimum atomic E-state index is -4.14. The van der Waals surface area contributed by atoms with Gasteiger partial charge in [-0.05, 0) is 64.8 Å². The first-order valence-electron chi connectivity index (χ1n) is 9.39. The number of halogens is 3. The van der Waals surface area contributed by atoms with Crippen LogP contribution in [0.3, 0.4) is 0 Å². The highest BCUT2D eigenvalue weighted by Gasteiger charge is 2.46. The number of nitrogens with zero attached hydrogens (tertiary/aromatic N) is 2. The second-order valence-corrected chi connectivity index (χ2v) is 7.71. The van der Waals surface area contributed by atoms with Gasteiger partial charge in [-0.25, -0.2) is 0 Å². The Morgan fingerprint density at radius 3 is 2.29 bits per heavy atom. The number of methoxy groups -OCH3 is 1. The van der Waals surface area contributed by atoms with Crippen molar-refractivity contribution in [2.24, 2.45) is 5.92 Å². The Morgan fingerprint density at radius 1 is 1.08 bits per heavy atom. The molecule has 2 rings (SSSR count). The van der Waals surface area contributed by atoms with Crippen LogP contribution in [-0.4, -0.2) is 67.5 Å².